The first kappa shape index (κ1) is 21.9. The highest BCUT2D eigenvalue weighted by Crippen LogP contribution is 2.40. The third-order valence-corrected chi connectivity index (χ3v) is 4.61. The van der Waals surface area contributed by atoms with Crippen LogP contribution in [0.4, 0.5) is 22.0 Å². The predicted octanol–water partition coefficient (Wildman–Crippen LogP) is 6.07. The van der Waals surface area contributed by atoms with Crippen LogP contribution < -0.4 is 0 Å². The molecule has 0 aliphatic rings. The van der Waals surface area contributed by atoms with Gasteiger partial charge in [-0.3, -0.25) is 4.79 Å². The Kier molecular flexibility index (Phi) is 6.47. The van der Waals surface area contributed by atoms with Crippen LogP contribution in [-0.4, -0.2) is 12.6 Å². The number of rotatable bonds is 5. The largest absolute Gasteiger partial charge is 0.466 e. The van der Waals surface area contributed by atoms with Crippen molar-refractivity contribution in [1.29, 1.82) is 0 Å². The number of hydrogen-bond acceptors (Lipinski definition) is 2. The van der Waals surface area contributed by atoms with Crippen molar-refractivity contribution in [2.45, 2.75) is 46.7 Å². The maximum Gasteiger partial charge on any atom is 0.416 e. The summed E-state index contributed by atoms with van der Waals surface area (Å²) >= 11 is 0. The summed E-state index contributed by atoms with van der Waals surface area (Å²) in [5.41, 5.74) is -0.847. The fourth-order valence-electron chi connectivity index (χ4n) is 3.27. The second-order valence-corrected chi connectivity index (χ2v) is 6.58. The molecule has 0 radical (unpaired) electrons. The van der Waals surface area contributed by atoms with E-state index in [2.05, 4.69) is 0 Å². The van der Waals surface area contributed by atoms with Crippen LogP contribution in [0, 0.1) is 32.4 Å². The molecule has 0 spiro atoms. The van der Waals surface area contributed by atoms with Crippen molar-refractivity contribution in [2.24, 2.45) is 0 Å². The van der Waals surface area contributed by atoms with Gasteiger partial charge in [0, 0.05) is 17.5 Å². The zero-order valence-electron chi connectivity index (χ0n) is 16.1. The van der Waals surface area contributed by atoms with Crippen LogP contribution in [0.2, 0.25) is 0 Å². The second-order valence-electron chi connectivity index (χ2n) is 6.58. The minimum absolute atomic E-state index is 0.0767. The standard InChI is InChI=1S/C21H21F5O2/c1-5-28-17(27)9-7-14-19(22)12(3)10-15(20(14)23)18-11(2)6-8-16(13(18)4)21(24,25)26/h6,8,10H,5,7,9H2,1-4H3. The average molecular weight is 400 g/mol. The molecule has 0 aliphatic heterocycles. The average Bonchev–Trinajstić information content (AvgIpc) is 2.58. The van der Waals surface area contributed by atoms with E-state index in [-0.39, 0.29) is 47.3 Å². The number of hydrogen-bond donors (Lipinski definition) is 0. The molecule has 0 heterocycles. The highest BCUT2D eigenvalue weighted by atomic mass is 19.4. The van der Waals surface area contributed by atoms with Gasteiger partial charge in [-0.2, -0.15) is 13.2 Å². The molecular formula is C21H21F5O2. The molecular weight excluding hydrogens is 379 g/mol. The molecule has 7 heteroatoms. The lowest BCUT2D eigenvalue weighted by Crippen LogP contribution is -2.11. The number of carbonyl (C=O) groups excluding carboxylic acids is 1. The number of carbonyl (C=O) groups is 1. The summed E-state index contributed by atoms with van der Waals surface area (Å²) < 4.78 is 74.2. The lowest BCUT2D eigenvalue weighted by atomic mass is 9.89. The Hall–Kier alpha value is -2.44. The van der Waals surface area contributed by atoms with E-state index in [0.717, 1.165) is 6.07 Å². The van der Waals surface area contributed by atoms with Gasteiger partial charge in [-0.15, -0.1) is 0 Å². The van der Waals surface area contributed by atoms with Crippen LogP contribution in [-0.2, 0) is 22.1 Å². The normalized spacial score (nSPS) is 11.6. The first-order chi connectivity index (χ1) is 13.0. The molecule has 2 rings (SSSR count). The molecule has 28 heavy (non-hydrogen) atoms. The molecule has 2 aromatic carbocycles. The maximum absolute atomic E-state index is 15.2. The van der Waals surface area contributed by atoms with E-state index < -0.39 is 29.3 Å². The van der Waals surface area contributed by atoms with Crippen LogP contribution in [0.1, 0.15) is 41.2 Å². The second kappa shape index (κ2) is 8.29. The van der Waals surface area contributed by atoms with E-state index in [0.29, 0.717) is 5.56 Å². The summed E-state index contributed by atoms with van der Waals surface area (Å²) in [5.74, 6) is -2.37. The monoisotopic (exact) mass is 400 g/mol. The molecule has 0 amide bonds. The van der Waals surface area contributed by atoms with E-state index >= 15 is 4.39 Å². The zero-order valence-corrected chi connectivity index (χ0v) is 16.1. The van der Waals surface area contributed by atoms with Gasteiger partial charge in [0.25, 0.3) is 0 Å². The Morgan fingerprint density at radius 3 is 2.25 bits per heavy atom. The summed E-state index contributed by atoms with van der Waals surface area (Å²) in [6.45, 7) is 6.00. The summed E-state index contributed by atoms with van der Waals surface area (Å²) in [6, 6.07) is 3.42. The van der Waals surface area contributed by atoms with Crippen LogP contribution in [0.3, 0.4) is 0 Å². The number of halogens is 5. The van der Waals surface area contributed by atoms with Crippen molar-refractivity contribution in [3.63, 3.8) is 0 Å². The van der Waals surface area contributed by atoms with Crippen LogP contribution in [0.5, 0.6) is 0 Å². The van der Waals surface area contributed by atoms with E-state index in [4.69, 9.17) is 4.74 Å². The highest BCUT2D eigenvalue weighted by Gasteiger charge is 2.34. The Balaban J connectivity index is 2.63. The third kappa shape index (κ3) is 4.34. The Bertz CT molecular complexity index is 901. The van der Waals surface area contributed by atoms with Crippen molar-refractivity contribution < 1.29 is 31.5 Å². The summed E-state index contributed by atoms with van der Waals surface area (Å²) in [5, 5.41) is 0. The quantitative estimate of drug-likeness (QED) is 0.450. The fraction of sp³-hybridized carbons (Fsp3) is 0.381. The van der Waals surface area contributed by atoms with Crippen LogP contribution in [0.25, 0.3) is 11.1 Å². The van der Waals surface area contributed by atoms with Crippen molar-refractivity contribution >= 4 is 5.97 Å². The van der Waals surface area contributed by atoms with Crippen molar-refractivity contribution in [2.75, 3.05) is 6.61 Å². The molecule has 0 fully saturated rings. The summed E-state index contributed by atoms with van der Waals surface area (Å²) in [7, 11) is 0. The molecule has 0 bridgehead atoms. The topological polar surface area (TPSA) is 26.3 Å². The van der Waals surface area contributed by atoms with Crippen molar-refractivity contribution in [3.8, 4) is 11.1 Å². The molecule has 0 aromatic heterocycles. The van der Waals surface area contributed by atoms with Gasteiger partial charge in [0.1, 0.15) is 11.6 Å². The smallest absolute Gasteiger partial charge is 0.416 e. The predicted molar refractivity (Wildman–Crippen MR) is 96.0 cm³/mol. The zero-order chi connectivity index (χ0) is 21.2. The van der Waals surface area contributed by atoms with Crippen LogP contribution >= 0.6 is 0 Å². The van der Waals surface area contributed by atoms with E-state index in [1.54, 1.807) is 13.8 Å². The molecule has 0 saturated heterocycles. The van der Waals surface area contributed by atoms with Crippen molar-refractivity contribution in [3.05, 3.63) is 57.7 Å². The van der Waals surface area contributed by atoms with Crippen molar-refractivity contribution in [1.82, 2.24) is 0 Å². The first-order valence-electron chi connectivity index (χ1n) is 8.79. The maximum atomic E-state index is 15.2. The third-order valence-electron chi connectivity index (χ3n) is 4.61. The Morgan fingerprint density at radius 2 is 1.68 bits per heavy atom. The number of esters is 1. The Morgan fingerprint density at radius 1 is 1.04 bits per heavy atom. The van der Waals surface area contributed by atoms with E-state index in [9.17, 15) is 22.4 Å². The van der Waals surface area contributed by atoms with Gasteiger partial charge in [-0.25, -0.2) is 8.78 Å². The molecule has 0 unspecified atom stereocenters. The summed E-state index contributed by atoms with van der Waals surface area (Å²) in [4.78, 5) is 11.5. The molecule has 0 aliphatic carbocycles. The van der Waals surface area contributed by atoms with E-state index in [1.807, 2.05) is 0 Å². The number of benzene rings is 2. The lowest BCUT2D eigenvalue weighted by molar-refractivity contribution is -0.143. The number of alkyl halides is 3. The Labute approximate surface area is 160 Å². The highest BCUT2D eigenvalue weighted by molar-refractivity contribution is 5.75. The van der Waals surface area contributed by atoms with Gasteiger partial charge in [-0.05, 0) is 68.5 Å². The number of ether oxygens (including phenoxy) is 1. The molecule has 0 atom stereocenters. The number of aryl methyl sites for hydroxylation is 2. The fourth-order valence-corrected chi connectivity index (χ4v) is 3.27. The van der Waals surface area contributed by atoms with Gasteiger partial charge >= 0.3 is 12.1 Å². The molecule has 2 aromatic rings. The SMILES string of the molecule is CCOC(=O)CCc1c(F)c(C)cc(-c2c(C)ccc(C(F)(F)F)c2C)c1F. The van der Waals surface area contributed by atoms with Gasteiger partial charge < -0.3 is 4.74 Å². The molecule has 0 saturated carbocycles. The first-order valence-corrected chi connectivity index (χ1v) is 8.79. The minimum atomic E-state index is -4.59. The van der Waals surface area contributed by atoms with Crippen LogP contribution in [0.15, 0.2) is 18.2 Å². The van der Waals surface area contributed by atoms with Gasteiger partial charge in [-0.1, -0.05) is 6.07 Å². The molecule has 0 N–H and O–H groups in total. The van der Waals surface area contributed by atoms with Gasteiger partial charge in [0.15, 0.2) is 0 Å². The van der Waals surface area contributed by atoms with E-state index in [1.165, 1.54) is 26.0 Å². The molecule has 2 nitrogen and oxygen atoms in total. The minimum Gasteiger partial charge on any atom is -0.466 e. The lowest BCUT2D eigenvalue weighted by Gasteiger charge is -2.19. The van der Waals surface area contributed by atoms with Gasteiger partial charge in [0.2, 0.25) is 0 Å². The summed E-state index contributed by atoms with van der Waals surface area (Å²) in [6.07, 6.45) is -5.07. The van der Waals surface area contributed by atoms with Gasteiger partial charge in [0.05, 0.1) is 12.2 Å². The molecule has 152 valence electrons.